The fourth-order valence-electron chi connectivity index (χ4n) is 3.35. The quantitative estimate of drug-likeness (QED) is 0.747. The number of para-hydroxylation sites is 1. The van der Waals surface area contributed by atoms with Crippen LogP contribution in [0, 0.1) is 5.92 Å². The third-order valence-electron chi connectivity index (χ3n) is 4.80. The zero-order chi connectivity index (χ0) is 18.4. The van der Waals surface area contributed by atoms with Crippen LogP contribution in [0.15, 0.2) is 60.7 Å². The number of nitrogens with one attached hydrogen (secondary N) is 2. The molecule has 3 atom stereocenters. The summed E-state index contributed by atoms with van der Waals surface area (Å²) >= 11 is 0. The highest BCUT2D eigenvalue weighted by molar-refractivity contribution is 5.97. The predicted octanol–water partition coefficient (Wildman–Crippen LogP) is 2.48. The molecule has 5 heteroatoms. The van der Waals surface area contributed by atoms with Crippen LogP contribution in [-0.4, -0.2) is 23.9 Å². The molecule has 3 unspecified atom stereocenters. The van der Waals surface area contributed by atoms with E-state index in [4.69, 9.17) is 5.73 Å². The first-order chi connectivity index (χ1) is 12.6. The molecule has 0 aliphatic heterocycles. The van der Waals surface area contributed by atoms with Gasteiger partial charge < -0.3 is 16.4 Å². The maximum Gasteiger partial charge on any atom is 0.247 e. The number of amides is 2. The van der Waals surface area contributed by atoms with Crippen molar-refractivity contribution in [3.8, 4) is 0 Å². The van der Waals surface area contributed by atoms with Crippen LogP contribution in [0.1, 0.15) is 24.8 Å². The van der Waals surface area contributed by atoms with E-state index < -0.39 is 6.04 Å². The number of anilines is 1. The summed E-state index contributed by atoms with van der Waals surface area (Å²) in [4.78, 5) is 25.4. The van der Waals surface area contributed by atoms with Gasteiger partial charge in [0, 0.05) is 24.1 Å². The number of nitrogens with two attached hydrogens (primary N) is 1. The van der Waals surface area contributed by atoms with Gasteiger partial charge in [0.25, 0.3) is 0 Å². The Kier molecular flexibility index (Phi) is 6.02. The van der Waals surface area contributed by atoms with Gasteiger partial charge in [0.05, 0.1) is 0 Å². The molecule has 4 N–H and O–H groups in total. The summed E-state index contributed by atoms with van der Waals surface area (Å²) in [6.07, 6.45) is 2.78. The zero-order valence-corrected chi connectivity index (χ0v) is 14.7. The molecule has 136 valence electrons. The third kappa shape index (κ3) is 4.92. The molecular weight excluding hydrogens is 326 g/mol. The van der Waals surface area contributed by atoms with E-state index in [0.29, 0.717) is 18.5 Å². The first-order valence-electron chi connectivity index (χ1n) is 9.07. The van der Waals surface area contributed by atoms with Crippen molar-refractivity contribution in [2.75, 3.05) is 5.32 Å². The second kappa shape index (κ2) is 8.63. The smallest absolute Gasteiger partial charge is 0.247 e. The average molecular weight is 351 g/mol. The van der Waals surface area contributed by atoms with E-state index in [9.17, 15) is 9.59 Å². The molecule has 1 saturated carbocycles. The predicted molar refractivity (Wildman–Crippen MR) is 102 cm³/mol. The average Bonchev–Trinajstić information content (AvgIpc) is 3.09. The number of hydrogen-bond acceptors (Lipinski definition) is 3. The van der Waals surface area contributed by atoms with Gasteiger partial charge in [-0.2, -0.15) is 0 Å². The van der Waals surface area contributed by atoms with Gasteiger partial charge >= 0.3 is 0 Å². The van der Waals surface area contributed by atoms with E-state index in [1.807, 2.05) is 60.7 Å². The molecule has 0 saturated heterocycles. The summed E-state index contributed by atoms with van der Waals surface area (Å²) in [7, 11) is 0. The van der Waals surface area contributed by atoms with Crippen LogP contribution >= 0.6 is 0 Å². The molecular formula is C21H25N3O2. The number of carbonyl (C=O) groups is 2. The molecule has 26 heavy (non-hydrogen) atoms. The van der Waals surface area contributed by atoms with Gasteiger partial charge in [0.1, 0.15) is 6.04 Å². The summed E-state index contributed by atoms with van der Waals surface area (Å²) in [6.45, 7) is 0. The summed E-state index contributed by atoms with van der Waals surface area (Å²) in [5, 5.41) is 5.83. The van der Waals surface area contributed by atoms with Gasteiger partial charge in [-0.05, 0) is 37.0 Å². The monoisotopic (exact) mass is 351 g/mol. The molecule has 0 spiro atoms. The highest BCUT2D eigenvalue weighted by Crippen LogP contribution is 2.24. The van der Waals surface area contributed by atoms with Crippen molar-refractivity contribution in [3.05, 3.63) is 66.2 Å². The minimum atomic E-state index is -0.623. The maximum atomic E-state index is 12.8. The summed E-state index contributed by atoms with van der Waals surface area (Å²) in [6, 6.07) is 18.4. The van der Waals surface area contributed by atoms with Gasteiger partial charge in [-0.1, -0.05) is 48.5 Å². The molecule has 0 aromatic heterocycles. The molecule has 2 aromatic carbocycles. The van der Waals surface area contributed by atoms with Gasteiger partial charge in [0.2, 0.25) is 11.8 Å². The lowest BCUT2D eigenvalue weighted by Gasteiger charge is -2.21. The Morgan fingerprint density at radius 2 is 1.65 bits per heavy atom. The van der Waals surface area contributed by atoms with Crippen LogP contribution in [0.3, 0.4) is 0 Å². The largest absolute Gasteiger partial charge is 0.344 e. The minimum absolute atomic E-state index is 0.0801. The lowest BCUT2D eigenvalue weighted by atomic mass is 10.0. The van der Waals surface area contributed by atoms with Gasteiger partial charge in [0.15, 0.2) is 0 Å². The van der Waals surface area contributed by atoms with Crippen LogP contribution in [0.4, 0.5) is 5.69 Å². The van der Waals surface area contributed by atoms with E-state index >= 15 is 0 Å². The standard InChI is InChI=1S/C21H25N3O2/c22-17-12-11-16(14-17)20(25)24-19(13-15-7-3-1-4-8-15)21(26)23-18-9-5-2-6-10-18/h1-10,16-17,19H,11-14,22H2,(H,23,26)(H,24,25). The fraction of sp³-hybridized carbons (Fsp3) is 0.333. The van der Waals surface area contributed by atoms with Crippen molar-refractivity contribution in [2.45, 2.75) is 37.8 Å². The Morgan fingerprint density at radius 3 is 2.27 bits per heavy atom. The first-order valence-corrected chi connectivity index (χ1v) is 9.07. The molecule has 0 heterocycles. The van der Waals surface area contributed by atoms with E-state index in [0.717, 1.165) is 18.4 Å². The molecule has 1 aliphatic carbocycles. The minimum Gasteiger partial charge on any atom is -0.344 e. The maximum absolute atomic E-state index is 12.8. The molecule has 0 bridgehead atoms. The van der Waals surface area contributed by atoms with Crippen molar-refractivity contribution in [1.82, 2.24) is 5.32 Å². The SMILES string of the molecule is NC1CCC(C(=O)NC(Cc2ccccc2)C(=O)Nc2ccccc2)C1. The van der Waals surface area contributed by atoms with Crippen molar-refractivity contribution in [1.29, 1.82) is 0 Å². The molecule has 2 aromatic rings. The molecule has 1 aliphatic rings. The number of carbonyl (C=O) groups excluding carboxylic acids is 2. The lowest BCUT2D eigenvalue weighted by molar-refractivity contribution is -0.129. The van der Waals surface area contributed by atoms with Crippen molar-refractivity contribution in [3.63, 3.8) is 0 Å². The van der Waals surface area contributed by atoms with Crippen LogP contribution < -0.4 is 16.4 Å². The summed E-state index contributed by atoms with van der Waals surface area (Å²) in [5.41, 5.74) is 7.64. The van der Waals surface area contributed by atoms with Crippen molar-refractivity contribution in [2.24, 2.45) is 11.7 Å². The molecule has 1 fully saturated rings. The van der Waals surface area contributed by atoms with Crippen LogP contribution in [0.2, 0.25) is 0 Å². The number of rotatable bonds is 6. The highest BCUT2D eigenvalue weighted by Gasteiger charge is 2.30. The summed E-state index contributed by atoms with van der Waals surface area (Å²) in [5.74, 6) is -0.398. The van der Waals surface area contributed by atoms with Gasteiger partial charge in [-0.15, -0.1) is 0 Å². The number of benzene rings is 2. The Balaban J connectivity index is 1.70. The number of hydrogen-bond donors (Lipinski definition) is 3. The highest BCUT2D eigenvalue weighted by atomic mass is 16.2. The topological polar surface area (TPSA) is 84.2 Å². The van der Waals surface area contributed by atoms with Crippen molar-refractivity contribution < 1.29 is 9.59 Å². The normalized spacial score (nSPS) is 20.3. The fourth-order valence-corrected chi connectivity index (χ4v) is 3.35. The van der Waals surface area contributed by atoms with E-state index in [-0.39, 0.29) is 23.8 Å². The molecule has 3 rings (SSSR count). The van der Waals surface area contributed by atoms with Gasteiger partial charge in [-0.25, -0.2) is 0 Å². The Morgan fingerprint density at radius 1 is 1.00 bits per heavy atom. The van der Waals surface area contributed by atoms with Gasteiger partial charge in [-0.3, -0.25) is 9.59 Å². The summed E-state index contributed by atoms with van der Waals surface area (Å²) < 4.78 is 0. The molecule has 5 nitrogen and oxygen atoms in total. The van der Waals surface area contributed by atoms with Crippen LogP contribution in [-0.2, 0) is 16.0 Å². The second-order valence-electron chi connectivity index (χ2n) is 6.88. The zero-order valence-electron chi connectivity index (χ0n) is 14.7. The van der Waals surface area contributed by atoms with E-state index in [1.54, 1.807) is 0 Å². The second-order valence-corrected chi connectivity index (χ2v) is 6.88. The van der Waals surface area contributed by atoms with Crippen molar-refractivity contribution >= 4 is 17.5 Å². The molecule has 0 radical (unpaired) electrons. The third-order valence-corrected chi connectivity index (χ3v) is 4.80. The Hall–Kier alpha value is -2.66. The first kappa shape index (κ1) is 18.1. The van der Waals surface area contributed by atoms with Crippen LogP contribution in [0.25, 0.3) is 0 Å². The Labute approximate surface area is 154 Å². The van der Waals surface area contributed by atoms with Crippen LogP contribution in [0.5, 0.6) is 0 Å². The molecule has 2 amide bonds. The van der Waals surface area contributed by atoms with E-state index in [1.165, 1.54) is 0 Å². The Bertz CT molecular complexity index is 733. The lowest BCUT2D eigenvalue weighted by Crippen LogP contribution is -2.47. The van der Waals surface area contributed by atoms with E-state index in [2.05, 4.69) is 10.6 Å².